The van der Waals surface area contributed by atoms with Gasteiger partial charge in [-0.05, 0) is 36.5 Å². The molecule has 4 heteroatoms. The van der Waals surface area contributed by atoms with Crippen molar-refractivity contribution in [1.29, 1.82) is 0 Å². The number of hydrogen-bond acceptors (Lipinski definition) is 2. The number of thiocarbonyl (C=S) groups is 1. The van der Waals surface area contributed by atoms with E-state index >= 15 is 0 Å². The molecule has 1 fully saturated rings. The maximum absolute atomic E-state index is 13.8. The van der Waals surface area contributed by atoms with Crippen LogP contribution in [0.2, 0.25) is 0 Å². The minimum Gasteiger partial charge on any atom is -0.389 e. The molecule has 0 bridgehead atoms. The predicted octanol–water partition coefficient (Wildman–Crippen LogP) is 4.09. The third-order valence-electron chi connectivity index (χ3n) is 4.26. The van der Waals surface area contributed by atoms with E-state index in [0.29, 0.717) is 11.3 Å². The average molecular weight is 294 g/mol. The van der Waals surface area contributed by atoms with Crippen molar-refractivity contribution >= 4 is 22.9 Å². The second kappa shape index (κ2) is 7.02. The Hall–Kier alpha value is -1.16. The van der Waals surface area contributed by atoms with Crippen LogP contribution in [-0.2, 0) is 0 Å². The molecule has 110 valence electrons. The average Bonchev–Trinajstić information content (AvgIpc) is 2.42. The molecule has 0 aromatic heterocycles. The first-order valence-electron chi connectivity index (χ1n) is 7.39. The lowest BCUT2D eigenvalue weighted by atomic mass is 9.81. The summed E-state index contributed by atoms with van der Waals surface area (Å²) in [5.74, 6) is 1.38. The SMILES string of the molecule is CC1CCC(CCNc2ccc(C(N)=S)cc2F)CC1. The molecule has 2 rings (SSSR count). The van der Waals surface area contributed by atoms with E-state index in [1.807, 2.05) is 0 Å². The zero-order valence-electron chi connectivity index (χ0n) is 12.0. The van der Waals surface area contributed by atoms with Crippen molar-refractivity contribution in [3.8, 4) is 0 Å². The van der Waals surface area contributed by atoms with Crippen LogP contribution in [0.4, 0.5) is 10.1 Å². The van der Waals surface area contributed by atoms with Gasteiger partial charge in [0.1, 0.15) is 10.8 Å². The van der Waals surface area contributed by atoms with Crippen molar-refractivity contribution in [2.45, 2.75) is 39.0 Å². The number of halogens is 1. The van der Waals surface area contributed by atoms with E-state index in [2.05, 4.69) is 12.2 Å². The zero-order chi connectivity index (χ0) is 14.5. The lowest BCUT2D eigenvalue weighted by molar-refractivity contribution is 0.282. The van der Waals surface area contributed by atoms with E-state index < -0.39 is 0 Å². The molecule has 3 N–H and O–H groups in total. The summed E-state index contributed by atoms with van der Waals surface area (Å²) in [5, 5.41) is 3.18. The van der Waals surface area contributed by atoms with E-state index in [9.17, 15) is 4.39 Å². The van der Waals surface area contributed by atoms with E-state index in [1.165, 1.54) is 31.7 Å². The number of nitrogens with two attached hydrogens (primary N) is 1. The predicted molar refractivity (Wildman–Crippen MR) is 86.5 cm³/mol. The molecule has 0 saturated heterocycles. The molecule has 0 heterocycles. The topological polar surface area (TPSA) is 38.0 Å². The molecule has 1 aromatic carbocycles. The summed E-state index contributed by atoms with van der Waals surface area (Å²) in [5.41, 5.74) is 6.60. The van der Waals surface area contributed by atoms with Crippen molar-refractivity contribution in [2.75, 3.05) is 11.9 Å². The van der Waals surface area contributed by atoms with Gasteiger partial charge in [0.05, 0.1) is 5.69 Å². The standard InChI is InChI=1S/C16H23FN2S/c1-11-2-4-12(5-3-11)8-9-19-15-7-6-13(16(18)20)10-14(15)17/h6-7,10-12,19H,2-5,8-9H2,1H3,(H2,18,20). The van der Waals surface area contributed by atoms with Gasteiger partial charge >= 0.3 is 0 Å². The lowest BCUT2D eigenvalue weighted by Crippen LogP contribution is -2.16. The first-order chi connectivity index (χ1) is 9.56. The summed E-state index contributed by atoms with van der Waals surface area (Å²) in [6.07, 6.45) is 6.41. The maximum Gasteiger partial charge on any atom is 0.146 e. The molecular formula is C16H23FN2S. The molecule has 1 aliphatic rings. The van der Waals surface area contributed by atoms with Crippen LogP contribution in [0.15, 0.2) is 18.2 Å². The van der Waals surface area contributed by atoms with Gasteiger partial charge in [0, 0.05) is 12.1 Å². The monoisotopic (exact) mass is 294 g/mol. The number of rotatable bonds is 5. The van der Waals surface area contributed by atoms with Gasteiger partial charge in [0.2, 0.25) is 0 Å². The highest BCUT2D eigenvalue weighted by Crippen LogP contribution is 2.30. The van der Waals surface area contributed by atoms with E-state index in [1.54, 1.807) is 12.1 Å². The minimum absolute atomic E-state index is 0.228. The Morgan fingerprint density at radius 1 is 1.35 bits per heavy atom. The molecule has 1 aliphatic carbocycles. The Bertz CT molecular complexity index is 468. The van der Waals surface area contributed by atoms with E-state index in [-0.39, 0.29) is 10.8 Å². The summed E-state index contributed by atoms with van der Waals surface area (Å²) >= 11 is 4.84. The summed E-state index contributed by atoms with van der Waals surface area (Å²) in [6.45, 7) is 3.15. The highest BCUT2D eigenvalue weighted by molar-refractivity contribution is 7.80. The molecular weight excluding hydrogens is 271 g/mol. The Kier molecular flexibility index (Phi) is 5.35. The molecule has 2 nitrogen and oxygen atoms in total. The molecule has 0 spiro atoms. The molecule has 0 atom stereocenters. The number of benzene rings is 1. The number of nitrogens with one attached hydrogen (secondary N) is 1. The molecule has 0 aliphatic heterocycles. The smallest absolute Gasteiger partial charge is 0.146 e. The largest absolute Gasteiger partial charge is 0.389 e. The minimum atomic E-state index is -0.285. The quantitative estimate of drug-likeness (QED) is 0.803. The third-order valence-corrected chi connectivity index (χ3v) is 4.49. The number of anilines is 1. The second-order valence-electron chi connectivity index (χ2n) is 5.90. The highest BCUT2D eigenvalue weighted by Gasteiger charge is 2.17. The van der Waals surface area contributed by atoms with Crippen LogP contribution < -0.4 is 11.1 Å². The van der Waals surface area contributed by atoms with Gasteiger partial charge in [0.15, 0.2) is 0 Å². The molecule has 0 unspecified atom stereocenters. The molecule has 1 aromatic rings. The van der Waals surface area contributed by atoms with Gasteiger partial charge in [-0.1, -0.05) is 44.8 Å². The van der Waals surface area contributed by atoms with Crippen molar-refractivity contribution in [2.24, 2.45) is 17.6 Å². The van der Waals surface area contributed by atoms with Crippen LogP contribution in [0.5, 0.6) is 0 Å². The first kappa shape index (κ1) is 15.2. The van der Waals surface area contributed by atoms with Crippen LogP contribution in [0.3, 0.4) is 0 Å². The van der Waals surface area contributed by atoms with Gasteiger partial charge < -0.3 is 11.1 Å². The van der Waals surface area contributed by atoms with Crippen LogP contribution in [0.1, 0.15) is 44.6 Å². The highest BCUT2D eigenvalue weighted by atomic mass is 32.1. The normalized spacial score (nSPS) is 22.5. The van der Waals surface area contributed by atoms with Gasteiger partial charge in [0.25, 0.3) is 0 Å². The lowest BCUT2D eigenvalue weighted by Gasteiger charge is -2.26. The number of hydrogen-bond donors (Lipinski definition) is 2. The third kappa shape index (κ3) is 4.17. The fraction of sp³-hybridized carbons (Fsp3) is 0.562. The fourth-order valence-corrected chi connectivity index (χ4v) is 2.97. The van der Waals surface area contributed by atoms with Crippen molar-refractivity contribution in [3.63, 3.8) is 0 Å². The van der Waals surface area contributed by atoms with Gasteiger partial charge in [-0.3, -0.25) is 0 Å². The first-order valence-corrected chi connectivity index (χ1v) is 7.80. The van der Waals surface area contributed by atoms with Crippen LogP contribution in [-0.4, -0.2) is 11.5 Å². The van der Waals surface area contributed by atoms with Gasteiger partial charge in [-0.2, -0.15) is 0 Å². The van der Waals surface area contributed by atoms with E-state index in [4.69, 9.17) is 18.0 Å². The van der Waals surface area contributed by atoms with Crippen molar-refractivity contribution in [3.05, 3.63) is 29.6 Å². The summed E-state index contributed by atoms with van der Waals surface area (Å²) < 4.78 is 13.8. The zero-order valence-corrected chi connectivity index (χ0v) is 12.8. The Labute approximate surface area is 125 Å². The van der Waals surface area contributed by atoms with Crippen molar-refractivity contribution < 1.29 is 4.39 Å². The molecule has 1 saturated carbocycles. The van der Waals surface area contributed by atoms with Crippen LogP contribution in [0, 0.1) is 17.7 Å². The maximum atomic E-state index is 13.8. The second-order valence-corrected chi connectivity index (χ2v) is 6.34. The molecule has 0 amide bonds. The van der Waals surface area contributed by atoms with Gasteiger partial charge in [-0.25, -0.2) is 4.39 Å². The summed E-state index contributed by atoms with van der Waals surface area (Å²) in [4.78, 5) is 0.228. The van der Waals surface area contributed by atoms with E-state index in [0.717, 1.165) is 24.8 Å². The van der Waals surface area contributed by atoms with Crippen LogP contribution >= 0.6 is 12.2 Å². The van der Waals surface area contributed by atoms with Gasteiger partial charge in [-0.15, -0.1) is 0 Å². The molecule has 20 heavy (non-hydrogen) atoms. The van der Waals surface area contributed by atoms with Crippen LogP contribution in [0.25, 0.3) is 0 Å². The Morgan fingerprint density at radius 3 is 2.65 bits per heavy atom. The molecule has 0 radical (unpaired) electrons. The summed E-state index contributed by atoms with van der Waals surface area (Å²) in [6, 6.07) is 4.87. The Balaban J connectivity index is 1.81. The summed E-state index contributed by atoms with van der Waals surface area (Å²) in [7, 11) is 0. The fourth-order valence-electron chi connectivity index (χ4n) is 2.84. The Morgan fingerprint density at radius 2 is 2.05 bits per heavy atom. The van der Waals surface area contributed by atoms with Crippen molar-refractivity contribution in [1.82, 2.24) is 0 Å².